The third-order valence-electron chi connectivity index (χ3n) is 3.30. The molecule has 0 amide bonds. The second kappa shape index (κ2) is 13.3. The summed E-state index contributed by atoms with van der Waals surface area (Å²) in [6, 6.07) is 5.79. The average molecular weight is 384 g/mol. The molecule has 0 radical (unpaired) electrons. The molecule has 9 heteroatoms. The average Bonchev–Trinajstić information content (AvgIpc) is 2.67. The number of ether oxygens (including phenoxy) is 4. The standard InChI is InChI=1S/C18H24O9/c1-3-4-5-6-7-10-13-23-17(20)26-27-18(21)25-15-12-9-8-11-14(15)24-16(19)22-2/h8-9,11-12H,3-7,10,13H2,1-2H3. The Hall–Kier alpha value is -2.97. The topological polar surface area (TPSA) is 107 Å². The molecule has 0 saturated heterocycles. The second-order valence-corrected chi connectivity index (χ2v) is 5.39. The highest BCUT2D eigenvalue weighted by molar-refractivity contribution is 5.69. The molecule has 0 heterocycles. The van der Waals surface area contributed by atoms with Gasteiger partial charge in [-0.05, 0) is 18.6 Å². The van der Waals surface area contributed by atoms with Gasteiger partial charge in [-0.2, -0.15) is 19.4 Å². The summed E-state index contributed by atoms with van der Waals surface area (Å²) in [5.74, 6) is -0.205. The first-order valence-corrected chi connectivity index (χ1v) is 8.64. The Labute approximate surface area is 157 Å². The fraction of sp³-hybridized carbons (Fsp3) is 0.500. The Bertz CT molecular complexity index is 600. The van der Waals surface area contributed by atoms with Crippen LogP contribution in [0.25, 0.3) is 0 Å². The number of unbranched alkanes of at least 4 members (excludes halogenated alkanes) is 5. The summed E-state index contributed by atoms with van der Waals surface area (Å²) >= 11 is 0. The smallest absolute Gasteiger partial charge is 0.437 e. The molecule has 0 atom stereocenters. The maximum Gasteiger partial charge on any atom is 0.555 e. The molecule has 0 aromatic heterocycles. The summed E-state index contributed by atoms with van der Waals surface area (Å²) in [5, 5.41) is 0. The van der Waals surface area contributed by atoms with Gasteiger partial charge in [0.05, 0.1) is 13.7 Å². The van der Waals surface area contributed by atoms with E-state index < -0.39 is 18.5 Å². The van der Waals surface area contributed by atoms with Crippen molar-refractivity contribution in [1.29, 1.82) is 0 Å². The Kier molecular flexibility index (Phi) is 10.8. The van der Waals surface area contributed by atoms with Gasteiger partial charge in [0.2, 0.25) is 0 Å². The van der Waals surface area contributed by atoms with E-state index in [4.69, 9.17) is 14.2 Å². The number of carbonyl (C=O) groups excluding carboxylic acids is 3. The highest BCUT2D eigenvalue weighted by Crippen LogP contribution is 2.27. The minimum Gasteiger partial charge on any atom is -0.437 e. The minimum absolute atomic E-state index is 0.0769. The Balaban J connectivity index is 2.27. The normalized spacial score (nSPS) is 9.85. The van der Waals surface area contributed by atoms with E-state index in [1.165, 1.54) is 24.6 Å². The van der Waals surface area contributed by atoms with Crippen molar-refractivity contribution in [1.82, 2.24) is 0 Å². The molecular formula is C18H24O9. The van der Waals surface area contributed by atoms with Crippen molar-refractivity contribution < 1.29 is 43.1 Å². The molecule has 1 rings (SSSR count). The lowest BCUT2D eigenvalue weighted by atomic mass is 10.1. The summed E-state index contributed by atoms with van der Waals surface area (Å²) in [5.41, 5.74) is 0. The number of methoxy groups -OCH3 is 1. The summed E-state index contributed by atoms with van der Waals surface area (Å²) < 4.78 is 18.7. The van der Waals surface area contributed by atoms with Crippen molar-refractivity contribution in [3.8, 4) is 11.5 Å². The summed E-state index contributed by atoms with van der Waals surface area (Å²) in [7, 11) is 1.13. The number of hydrogen-bond acceptors (Lipinski definition) is 9. The maximum atomic E-state index is 11.6. The van der Waals surface area contributed by atoms with Crippen LogP contribution in [0.3, 0.4) is 0 Å². The lowest BCUT2D eigenvalue weighted by Gasteiger charge is -2.08. The predicted molar refractivity (Wildman–Crippen MR) is 92.4 cm³/mol. The van der Waals surface area contributed by atoms with Gasteiger partial charge in [0.15, 0.2) is 11.5 Å². The third kappa shape index (κ3) is 9.93. The van der Waals surface area contributed by atoms with Crippen molar-refractivity contribution in [3.63, 3.8) is 0 Å². The molecule has 0 aliphatic rings. The van der Waals surface area contributed by atoms with Gasteiger partial charge >= 0.3 is 18.5 Å². The molecule has 0 aliphatic carbocycles. The Morgan fingerprint density at radius 1 is 0.778 bits per heavy atom. The van der Waals surface area contributed by atoms with Crippen LogP contribution in [-0.2, 0) is 19.2 Å². The van der Waals surface area contributed by atoms with Gasteiger partial charge in [0.1, 0.15) is 0 Å². The lowest BCUT2D eigenvalue weighted by molar-refractivity contribution is -0.210. The molecule has 0 aliphatic heterocycles. The van der Waals surface area contributed by atoms with Gasteiger partial charge in [-0.1, -0.05) is 51.2 Å². The van der Waals surface area contributed by atoms with Crippen molar-refractivity contribution in [2.75, 3.05) is 13.7 Å². The van der Waals surface area contributed by atoms with Crippen LogP contribution >= 0.6 is 0 Å². The van der Waals surface area contributed by atoms with Crippen LogP contribution in [0.4, 0.5) is 14.4 Å². The molecule has 0 bridgehead atoms. The van der Waals surface area contributed by atoms with Crippen molar-refractivity contribution in [2.45, 2.75) is 45.4 Å². The largest absolute Gasteiger partial charge is 0.555 e. The fourth-order valence-corrected chi connectivity index (χ4v) is 1.99. The fourth-order valence-electron chi connectivity index (χ4n) is 1.99. The van der Waals surface area contributed by atoms with Crippen molar-refractivity contribution in [3.05, 3.63) is 24.3 Å². The third-order valence-corrected chi connectivity index (χ3v) is 3.30. The van der Waals surface area contributed by atoms with E-state index in [1.807, 2.05) is 0 Å². The summed E-state index contributed by atoms with van der Waals surface area (Å²) in [6.07, 6.45) is 2.72. The van der Waals surface area contributed by atoms with Crippen LogP contribution < -0.4 is 9.47 Å². The molecule has 150 valence electrons. The van der Waals surface area contributed by atoms with Gasteiger partial charge in [0, 0.05) is 0 Å². The lowest BCUT2D eigenvalue weighted by Crippen LogP contribution is -2.17. The molecule has 27 heavy (non-hydrogen) atoms. The van der Waals surface area contributed by atoms with Gasteiger partial charge in [0.25, 0.3) is 0 Å². The highest BCUT2D eigenvalue weighted by atomic mass is 17.3. The molecule has 0 N–H and O–H groups in total. The number of rotatable bonds is 9. The number of carbonyl (C=O) groups is 3. The predicted octanol–water partition coefficient (Wildman–Crippen LogP) is 4.78. The monoisotopic (exact) mass is 384 g/mol. The van der Waals surface area contributed by atoms with E-state index in [9.17, 15) is 14.4 Å². The first-order chi connectivity index (χ1) is 13.1. The van der Waals surface area contributed by atoms with Gasteiger partial charge in [-0.3, -0.25) is 0 Å². The van der Waals surface area contributed by atoms with Crippen molar-refractivity contribution in [2.24, 2.45) is 0 Å². The number of benzene rings is 1. The van der Waals surface area contributed by atoms with Crippen molar-refractivity contribution >= 4 is 18.5 Å². The SMILES string of the molecule is CCCCCCCCOC(=O)OOC(=O)Oc1ccccc1OC(=O)OC. The van der Waals surface area contributed by atoms with E-state index in [0.717, 1.165) is 32.8 Å². The van der Waals surface area contributed by atoms with E-state index in [1.54, 1.807) is 6.07 Å². The molecular weight excluding hydrogens is 360 g/mol. The molecule has 0 fully saturated rings. The van der Waals surface area contributed by atoms with Crippen LogP contribution in [0, 0.1) is 0 Å². The molecule has 1 aromatic carbocycles. The highest BCUT2D eigenvalue weighted by Gasteiger charge is 2.17. The zero-order chi connectivity index (χ0) is 19.9. The summed E-state index contributed by atoms with van der Waals surface area (Å²) in [4.78, 5) is 42.4. The van der Waals surface area contributed by atoms with Gasteiger partial charge in [-0.15, -0.1) is 0 Å². The summed E-state index contributed by atoms with van der Waals surface area (Å²) in [6.45, 7) is 2.30. The van der Waals surface area contributed by atoms with E-state index in [-0.39, 0.29) is 18.1 Å². The van der Waals surface area contributed by atoms with Crippen LogP contribution in [-0.4, -0.2) is 32.2 Å². The molecule has 9 nitrogen and oxygen atoms in total. The second-order valence-electron chi connectivity index (χ2n) is 5.39. The molecule has 0 saturated carbocycles. The van der Waals surface area contributed by atoms with E-state index in [2.05, 4.69) is 21.4 Å². The quantitative estimate of drug-likeness (QED) is 0.195. The number of hydrogen-bond donors (Lipinski definition) is 0. The molecule has 1 aromatic rings. The van der Waals surface area contributed by atoms with Crippen LogP contribution in [0.1, 0.15) is 45.4 Å². The van der Waals surface area contributed by atoms with E-state index >= 15 is 0 Å². The van der Waals surface area contributed by atoms with Gasteiger partial charge in [-0.25, -0.2) is 4.79 Å². The van der Waals surface area contributed by atoms with Crippen LogP contribution in [0.15, 0.2) is 24.3 Å². The first-order valence-electron chi connectivity index (χ1n) is 8.64. The molecule has 0 spiro atoms. The van der Waals surface area contributed by atoms with Gasteiger partial charge < -0.3 is 18.9 Å². The number of para-hydroxylation sites is 2. The first kappa shape index (κ1) is 22.1. The Morgan fingerprint density at radius 3 is 1.96 bits per heavy atom. The minimum atomic E-state index is -1.34. The van der Waals surface area contributed by atoms with E-state index in [0.29, 0.717) is 6.42 Å². The maximum absolute atomic E-state index is 11.6. The zero-order valence-electron chi connectivity index (χ0n) is 15.4. The Morgan fingerprint density at radius 2 is 1.33 bits per heavy atom. The van der Waals surface area contributed by atoms with Crippen LogP contribution in [0.5, 0.6) is 11.5 Å². The molecule has 0 unspecified atom stereocenters. The van der Waals surface area contributed by atoms with Crippen LogP contribution in [0.2, 0.25) is 0 Å². The zero-order valence-corrected chi connectivity index (χ0v) is 15.4.